The van der Waals surface area contributed by atoms with E-state index in [2.05, 4.69) is 12.1 Å². The van der Waals surface area contributed by atoms with Crippen molar-refractivity contribution in [2.75, 3.05) is 14.2 Å². The Morgan fingerprint density at radius 2 is 1.65 bits per heavy atom. The number of ether oxygens (including phenoxy) is 2. The van der Waals surface area contributed by atoms with Crippen molar-refractivity contribution in [2.24, 2.45) is 0 Å². The van der Waals surface area contributed by atoms with Crippen LogP contribution in [0.1, 0.15) is 11.1 Å². The molecule has 1 radical (unpaired) electrons. The second-order valence-corrected chi connectivity index (χ2v) is 4.04. The maximum Gasteiger partial charge on any atom is 0.223 e. The van der Waals surface area contributed by atoms with Crippen molar-refractivity contribution < 1.29 is 9.47 Å². The second-order valence-electron chi connectivity index (χ2n) is 4.04. The highest BCUT2D eigenvalue weighted by Crippen LogP contribution is 2.49. The van der Waals surface area contributed by atoms with Crippen molar-refractivity contribution in [2.45, 2.75) is 5.79 Å². The lowest BCUT2D eigenvalue weighted by Gasteiger charge is -2.28. The van der Waals surface area contributed by atoms with Crippen LogP contribution in [0.5, 0.6) is 0 Å². The minimum absolute atomic E-state index is 0.788. The van der Waals surface area contributed by atoms with Gasteiger partial charge in [-0.1, -0.05) is 36.4 Å². The quantitative estimate of drug-likeness (QED) is 0.731. The summed E-state index contributed by atoms with van der Waals surface area (Å²) in [5.74, 6) is -0.788. The molecule has 2 aromatic rings. The fourth-order valence-electron chi connectivity index (χ4n) is 2.61. The van der Waals surface area contributed by atoms with E-state index in [1.54, 1.807) is 14.2 Å². The van der Waals surface area contributed by atoms with Crippen molar-refractivity contribution >= 4 is 0 Å². The molecule has 0 bridgehead atoms. The summed E-state index contributed by atoms with van der Waals surface area (Å²) in [6, 6.07) is 17.2. The van der Waals surface area contributed by atoms with Crippen molar-refractivity contribution in [3.63, 3.8) is 0 Å². The topological polar surface area (TPSA) is 18.5 Å². The highest BCUT2D eigenvalue weighted by molar-refractivity contribution is 5.79. The van der Waals surface area contributed by atoms with Crippen LogP contribution in [0.15, 0.2) is 42.5 Å². The first-order valence-corrected chi connectivity index (χ1v) is 5.54. The Hall–Kier alpha value is -1.64. The molecule has 0 atom stereocenters. The molecular formula is C15H13O2. The van der Waals surface area contributed by atoms with Crippen LogP contribution in [0.2, 0.25) is 0 Å². The lowest BCUT2D eigenvalue weighted by molar-refractivity contribution is -0.180. The number of methoxy groups -OCH3 is 2. The number of fused-ring (bicyclic) bond motifs is 3. The molecule has 0 fully saturated rings. The Labute approximate surface area is 101 Å². The predicted octanol–water partition coefficient (Wildman–Crippen LogP) is 2.96. The van der Waals surface area contributed by atoms with Crippen LogP contribution in [0.3, 0.4) is 0 Å². The lowest BCUT2D eigenvalue weighted by Crippen LogP contribution is -2.29. The first kappa shape index (κ1) is 10.5. The molecule has 0 aromatic heterocycles. The van der Waals surface area contributed by atoms with Gasteiger partial charge < -0.3 is 9.47 Å². The standard InChI is InChI=1S/C15H13O2/c1-16-15(17-2)13-9-5-3-7-11(13)12-8-4-6-10-14(12)15/h3-5,7-10H,1-2H3. The maximum atomic E-state index is 5.66. The van der Waals surface area contributed by atoms with Crippen LogP contribution in [-0.2, 0) is 15.3 Å². The Bertz CT molecular complexity index is 509. The van der Waals surface area contributed by atoms with Gasteiger partial charge in [-0.15, -0.1) is 0 Å². The Morgan fingerprint density at radius 3 is 2.41 bits per heavy atom. The summed E-state index contributed by atoms with van der Waals surface area (Å²) in [6.07, 6.45) is 0. The Morgan fingerprint density at radius 1 is 0.941 bits per heavy atom. The highest BCUT2D eigenvalue weighted by Gasteiger charge is 2.43. The SMILES string of the molecule is COC1(OC)c2c[c]ccc2-c2ccccc21. The average molecular weight is 225 g/mol. The monoisotopic (exact) mass is 225 g/mol. The minimum Gasteiger partial charge on any atom is -0.346 e. The Kier molecular flexibility index (Phi) is 2.28. The Balaban J connectivity index is 2.38. The summed E-state index contributed by atoms with van der Waals surface area (Å²) in [7, 11) is 3.34. The number of benzene rings is 2. The molecule has 0 saturated carbocycles. The second kappa shape index (κ2) is 3.69. The van der Waals surface area contributed by atoms with Gasteiger partial charge in [0.2, 0.25) is 5.79 Å². The van der Waals surface area contributed by atoms with Crippen LogP contribution < -0.4 is 0 Å². The molecule has 0 N–H and O–H groups in total. The zero-order chi connectivity index (χ0) is 11.9. The van der Waals surface area contributed by atoms with E-state index in [9.17, 15) is 0 Å². The number of rotatable bonds is 2. The van der Waals surface area contributed by atoms with Gasteiger partial charge in [0.05, 0.1) is 0 Å². The molecular weight excluding hydrogens is 212 g/mol. The van der Waals surface area contributed by atoms with E-state index in [0.29, 0.717) is 0 Å². The molecule has 2 nitrogen and oxygen atoms in total. The van der Waals surface area contributed by atoms with E-state index >= 15 is 0 Å². The van der Waals surface area contributed by atoms with E-state index in [1.165, 1.54) is 5.56 Å². The summed E-state index contributed by atoms with van der Waals surface area (Å²) in [5, 5.41) is 0. The fraction of sp³-hybridized carbons (Fsp3) is 0.200. The summed E-state index contributed by atoms with van der Waals surface area (Å²) in [6.45, 7) is 0. The normalized spacial score (nSPS) is 15.4. The molecule has 17 heavy (non-hydrogen) atoms. The molecule has 0 unspecified atom stereocenters. The van der Waals surface area contributed by atoms with E-state index in [-0.39, 0.29) is 0 Å². The minimum atomic E-state index is -0.788. The van der Waals surface area contributed by atoms with Crippen molar-refractivity contribution in [3.8, 4) is 11.1 Å². The molecule has 1 aliphatic rings. The highest BCUT2D eigenvalue weighted by atomic mass is 16.7. The average Bonchev–Trinajstić information content (AvgIpc) is 2.70. The van der Waals surface area contributed by atoms with Gasteiger partial charge in [0.1, 0.15) is 0 Å². The van der Waals surface area contributed by atoms with Gasteiger partial charge in [0, 0.05) is 25.3 Å². The van der Waals surface area contributed by atoms with Crippen molar-refractivity contribution in [1.29, 1.82) is 0 Å². The number of hydrogen-bond donors (Lipinski definition) is 0. The zero-order valence-corrected chi connectivity index (χ0v) is 9.86. The molecule has 0 spiro atoms. The van der Waals surface area contributed by atoms with Crippen LogP contribution in [0.4, 0.5) is 0 Å². The lowest BCUT2D eigenvalue weighted by atomic mass is 10.0. The molecule has 3 rings (SSSR count). The molecule has 1 aliphatic carbocycles. The fourth-order valence-corrected chi connectivity index (χ4v) is 2.61. The van der Waals surface area contributed by atoms with Crippen molar-refractivity contribution in [1.82, 2.24) is 0 Å². The largest absolute Gasteiger partial charge is 0.346 e. The molecule has 0 aliphatic heterocycles. The smallest absolute Gasteiger partial charge is 0.223 e. The van der Waals surface area contributed by atoms with Gasteiger partial charge in [0.15, 0.2) is 0 Å². The first-order chi connectivity index (χ1) is 8.33. The molecule has 2 aromatic carbocycles. The van der Waals surface area contributed by atoms with Gasteiger partial charge in [-0.3, -0.25) is 0 Å². The van der Waals surface area contributed by atoms with Crippen LogP contribution >= 0.6 is 0 Å². The molecule has 85 valence electrons. The van der Waals surface area contributed by atoms with Crippen molar-refractivity contribution in [3.05, 3.63) is 59.7 Å². The summed E-state index contributed by atoms with van der Waals surface area (Å²) < 4.78 is 11.3. The van der Waals surface area contributed by atoms with E-state index in [0.717, 1.165) is 16.7 Å². The van der Waals surface area contributed by atoms with Gasteiger partial charge >= 0.3 is 0 Å². The van der Waals surface area contributed by atoms with Gasteiger partial charge in [-0.2, -0.15) is 0 Å². The molecule has 0 amide bonds. The van der Waals surface area contributed by atoms with Gasteiger partial charge in [0.25, 0.3) is 0 Å². The van der Waals surface area contributed by atoms with Gasteiger partial charge in [-0.05, 0) is 23.3 Å². The summed E-state index contributed by atoms with van der Waals surface area (Å²) >= 11 is 0. The summed E-state index contributed by atoms with van der Waals surface area (Å²) in [4.78, 5) is 0. The third-order valence-electron chi connectivity index (χ3n) is 3.37. The number of hydrogen-bond acceptors (Lipinski definition) is 2. The third-order valence-corrected chi connectivity index (χ3v) is 3.37. The molecule has 2 heteroatoms. The summed E-state index contributed by atoms with van der Waals surface area (Å²) in [5.41, 5.74) is 4.40. The van der Waals surface area contributed by atoms with E-state index in [1.807, 2.05) is 36.4 Å². The van der Waals surface area contributed by atoms with E-state index < -0.39 is 5.79 Å². The molecule has 0 heterocycles. The van der Waals surface area contributed by atoms with Crippen LogP contribution in [0.25, 0.3) is 11.1 Å². The van der Waals surface area contributed by atoms with E-state index in [4.69, 9.17) is 9.47 Å². The van der Waals surface area contributed by atoms with Crippen LogP contribution in [0, 0.1) is 6.07 Å². The first-order valence-electron chi connectivity index (χ1n) is 5.54. The van der Waals surface area contributed by atoms with Crippen LogP contribution in [-0.4, -0.2) is 14.2 Å². The molecule has 0 saturated heterocycles. The third kappa shape index (κ3) is 1.22. The maximum absolute atomic E-state index is 5.66. The van der Waals surface area contributed by atoms with Gasteiger partial charge in [-0.25, -0.2) is 0 Å². The predicted molar refractivity (Wildman–Crippen MR) is 65.5 cm³/mol. The zero-order valence-electron chi connectivity index (χ0n) is 9.86.